The molecule has 4 heteroatoms. The largest absolute Gasteiger partial charge is 0.396 e. The Kier molecular flexibility index (Phi) is 7.13. The van der Waals surface area contributed by atoms with Crippen LogP contribution in [0.25, 0.3) is 0 Å². The molecule has 4 nitrogen and oxygen atoms in total. The summed E-state index contributed by atoms with van der Waals surface area (Å²) in [7, 11) is 0. The van der Waals surface area contributed by atoms with Crippen molar-refractivity contribution >= 4 is 5.96 Å². The van der Waals surface area contributed by atoms with Crippen LogP contribution in [0, 0.1) is 0 Å². The van der Waals surface area contributed by atoms with Crippen molar-refractivity contribution in [3.8, 4) is 0 Å². The van der Waals surface area contributed by atoms with E-state index < -0.39 is 0 Å². The van der Waals surface area contributed by atoms with Crippen LogP contribution in [0.1, 0.15) is 46.5 Å². The summed E-state index contributed by atoms with van der Waals surface area (Å²) in [6, 6.07) is 0. The number of unbranched alkanes of at least 4 members (excludes halogenated alkanes) is 3. The summed E-state index contributed by atoms with van der Waals surface area (Å²) < 4.78 is 0. The first-order valence-electron chi connectivity index (χ1n) is 5.64. The number of nitrogens with two attached hydrogens (primary N) is 1. The molecule has 0 fully saturated rings. The van der Waals surface area contributed by atoms with Crippen LogP contribution < -0.4 is 11.1 Å². The van der Waals surface area contributed by atoms with E-state index in [4.69, 9.17) is 10.8 Å². The summed E-state index contributed by atoms with van der Waals surface area (Å²) in [4.78, 5) is 4.23. The first kappa shape index (κ1) is 14.2. The molecule has 0 aliphatic heterocycles. The van der Waals surface area contributed by atoms with Gasteiger partial charge >= 0.3 is 0 Å². The van der Waals surface area contributed by atoms with Crippen molar-refractivity contribution in [2.75, 3.05) is 13.2 Å². The maximum atomic E-state index is 8.58. The van der Waals surface area contributed by atoms with E-state index in [2.05, 4.69) is 31.1 Å². The normalized spacial score (nSPS) is 12.9. The van der Waals surface area contributed by atoms with Gasteiger partial charge in [-0.1, -0.05) is 12.8 Å². The van der Waals surface area contributed by atoms with Gasteiger partial charge in [0.15, 0.2) is 5.96 Å². The first-order chi connectivity index (χ1) is 6.95. The highest BCUT2D eigenvalue weighted by molar-refractivity contribution is 5.78. The van der Waals surface area contributed by atoms with E-state index in [1.807, 2.05) is 0 Å². The van der Waals surface area contributed by atoms with Crippen molar-refractivity contribution in [1.29, 1.82) is 0 Å². The highest BCUT2D eigenvalue weighted by atomic mass is 16.2. The van der Waals surface area contributed by atoms with Gasteiger partial charge in [-0.05, 0) is 33.6 Å². The number of hydrogen-bond donors (Lipinski definition) is 3. The lowest BCUT2D eigenvalue weighted by molar-refractivity contribution is 0.282. The molecule has 0 bridgehead atoms. The second kappa shape index (κ2) is 7.51. The molecule has 0 atom stereocenters. The second-order valence-corrected chi connectivity index (χ2v) is 4.78. The highest BCUT2D eigenvalue weighted by Crippen LogP contribution is 2.00. The summed E-state index contributed by atoms with van der Waals surface area (Å²) in [6.07, 6.45) is 4.09. The number of aliphatic imine (C=N–C) groups is 1. The van der Waals surface area contributed by atoms with Gasteiger partial charge in [0.2, 0.25) is 0 Å². The van der Waals surface area contributed by atoms with Crippen molar-refractivity contribution in [3.63, 3.8) is 0 Å². The summed E-state index contributed by atoms with van der Waals surface area (Å²) >= 11 is 0. The molecule has 90 valence electrons. The van der Waals surface area contributed by atoms with Gasteiger partial charge in [-0.3, -0.25) is 4.99 Å². The minimum absolute atomic E-state index is 0.0233. The predicted molar refractivity (Wildman–Crippen MR) is 64.9 cm³/mol. The first-order valence-corrected chi connectivity index (χ1v) is 5.64. The smallest absolute Gasteiger partial charge is 0.188 e. The van der Waals surface area contributed by atoms with Gasteiger partial charge in [0.05, 0.1) is 0 Å². The lowest BCUT2D eigenvalue weighted by Gasteiger charge is -2.20. The molecule has 0 aliphatic carbocycles. The number of aliphatic hydroxyl groups is 1. The van der Waals surface area contributed by atoms with Crippen LogP contribution >= 0.6 is 0 Å². The third-order valence-corrected chi connectivity index (χ3v) is 1.85. The number of aliphatic hydroxyl groups excluding tert-OH is 1. The van der Waals surface area contributed by atoms with E-state index >= 15 is 0 Å². The fourth-order valence-electron chi connectivity index (χ4n) is 1.20. The monoisotopic (exact) mass is 215 g/mol. The van der Waals surface area contributed by atoms with Crippen molar-refractivity contribution in [2.45, 2.75) is 52.0 Å². The van der Waals surface area contributed by atoms with Gasteiger partial charge in [0.25, 0.3) is 0 Å². The lowest BCUT2D eigenvalue weighted by Crippen LogP contribution is -2.45. The van der Waals surface area contributed by atoms with Crippen LogP contribution in [0.3, 0.4) is 0 Å². The molecule has 0 aromatic heterocycles. The molecule has 0 aromatic carbocycles. The van der Waals surface area contributed by atoms with Crippen molar-refractivity contribution in [2.24, 2.45) is 10.7 Å². The molecule has 0 spiro atoms. The Morgan fingerprint density at radius 3 is 2.33 bits per heavy atom. The molecule has 0 heterocycles. The summed E-state index contributed by atoms with van der Waals surface area (Å²) in [5.74, 6) is 0.518. The highest BCUT2D eigenvalue weighted by Gasteiger charge is 2.09. The van der Waals surface area contributed by atoms with Crippen LogP contribution in [-0.2, 0) is 0 Å². The molecule has 0 unspecified atom stereocenters. The quantitative estimate of drug-likeness (QED) is 0.355. The van der Waals surface area contributed by atoms with Gasteiger partial charge in [-0.2, -0.15) is 0 Å². The van der Waals surface area contributed by atoms with E-state index in [0.29, 0.717) is 5.96 Å². The Hall–Kier alpha value is -0.770. The van der Waals surface area contributed by atoms with E-state index in [1.165, 1.54) is 0 Å². The van der Waals surface area contributed by atoms with Crippen LogP contribution in [-0.4, -0.2) is 29.8 Å². The van der Waals surface area contributed by atoms with Crippen LogP contribution in [0.2, 0.25) is 0 Å². The fraction of sp³-hybridized carbons (Fsp3) is 0.909. The van der Waals surface area contributed by atoms with Gasteiger partial charge in [0, 0.05) is 18.7 Å². The zero-order valence-corrected chi connectivity index (χ0v) is 10.2. The SMILES string of the molecule is CC(C)(C)NC(N)=NCCCCCCO. The minimum Gasteiger partial charge on any atom is -0.396 e. The second-order valence-electron chi connectivity index (χ2n) is 4.78. The van der Waals surface area contributed by atoms with Gasteiger partial charge in [-0.15, -0.1) is 0 Å². The minimum atomic E-state index is -0.0233. The van der Waals surface area contributed by atoms with E-state index in [-0.39, 0.29) is 12.1 Å². The number of guanidine groups is 1. The molecule has 0 aromatic rings. The van der Waals surface area contributed by atoms with Crippen LogP contribution in [0.15, 0.2) is 4.99 Å². The zero-order chi connectivity index (χ0) is 11.7. The molecular formula is C11H25N3O. The van der Waals surface area contributed by atoms with Crippen molar-refractivity contribution < 1.29 is 5.11 Å². The summed E-state index contributed by atoms with van der Waals surface area (Å²) in [5.41, 5.74) is 5.68. The van der Waals surface area contributed by atoms with Crippen molar-refractivity contribution in [1.82, 2.24) is 5.32 Å². The number of nitrogens with zero attached hydrogens (tertiary/aromatic N) is 1. The predicted octanol–water partition coefficient (Wildman–Crippen LogP) is 1.24. The molecule has 0 radical (unpaired) electrons. The molecule has 4 N–H and O–H groups in total. The van der Waals surface area contributed by atoms with Crippen molar-refractivity contribution in [3.05, 3.63) is 0 Å². The van der Waals surface area contributed by atoms with E-state index in [1.54, 1.807) is 0 Å². The molecule has 0 saturated heterocycles. The molecule has 0 aliphatic rings. The third kappa shape index (κ3) is 11.2. The topological polar surface area (TPSA) is 70.6 Å². The standard InChI is InChI=1S/C11H25N3O/c1-11(2,3)14-10(12)13-8-6-4-5-7-9-15/h15H,4-9H2,1-3H3,(H3,12,13,14). The Labute approximate surface area is 93.0 Å². The molecular weight excluding hydrogens is 190 g/mol. The van der Waals surface area contributed by atoms with Gasteiger partial charge < -0.3 is 16.2 Å². The Balaban J connectivity index is 3.50. The number of hydrogen-bond acceptors (Lipinski definition) is 2. The average Bonchev–Trinajstić information content (AvgIpc) is 2.08. The van der Waals surface area contributed by atoms with Gasteiger partial charge in [-0.25, -0.2) is 0 Å². The molecule has 15 heavy (non-hydrogen) atoms. The lowest BCUT2D eigenvalue weighted by atomic mass is 10.1. The maximum absolute atomic E-state index is 8.58. The molecule has 0 saturated carbocycles. The third-order valence-electron chi connectivity index (χ3n) is 1.85. The van der Waals surface area contributed by atoms with E-state index in [9.17, 15) is 0 Å². The summed E-state index contributed by atoms with van der Waals surface area (Å²) in [6.45, 7) is 7.21. The van der Waals surface area contributed by atoms with Crippen LogP contribution in [0.5, 0.6) is 0 Å². The Morgan fingerprint density at radius 1 is 1.20 bits per heavy atom. The Morgan fingerprint density at radius 2 is 1.80 bits per heavy atom. The zero-order valence-electron chi connectivity index (χ0n) is 10.2. The number of rotatable bonds is 6. The molecule has 0 rings (SSSR count). The average molecular weight is 215 g/mol. The molecule has 0 amide bonds. The van der Waals surface area contributed by atoms with Crippen LogP contribution in [0.4, 0.5) is 0 Å². The Bertz CT molecular complexity index is 185. The fourth-order valence-corrected chi connectivity index (χ4v) is 1.20. The number of nitrogens with one attached hydrogen (secondary N) is 1. The van der Waals surface area contributed by atoms with Gasteiger partial charge in [0.1, 0.15) is 0 Å². The summed E-state index contributed by atoms with van der Waals surface area (Å²) in [5, 5.41) is 11.7. The maximum Gasteiger partial charge on any atom is 0.188 e. The van der Waals surface area contributed by atoms with E-state index in [0.717, 1.165) is 32.2 Å².